The molecule has 1 N–H and O–H groups in total. The molecule has 0 amide bonds. The van der Waals surface area contributed by atoms with E-state index in [-0.39, 0.29) is 12.3 Å². The van der Waals surface area contributed by atoms with Gasteiger partial charge < -0.3 is 19.2 Å². The highest BCUT2D eigenvalue weighted by molar-refractivity contribution is 6.61. The quantitative estimate of drug-likeness (QED) is 0.174. The maximum atomic E-state index is 11.6. The molecule has 2 aromatic rings. The van der Waals surface area contributed by atoms with Gasteiger partial charge >= 0.3 is 19.0 Å². The Morgan fingerprint density at radius 2 is 1.50 bits per heavy atom. The second kappa shape index (κ2) is 13.2. The van der Waals surface area contributed by atoms with Gasteiger partial charge in [0.1, 0.15) is 0 Å². The Balaban J connectivity index is 1.46. The number of carbonyl (C=O) groups is 1. The third kappa shape index (κ3) is 8.52. The van der Waals surface area contributed by atoms with E-state index >= 15 is 0 Å². The van der Waals surface area contributed by atoms with Gasteiger partial charge in [0.25, 0.3) is 0 Å². The van der Waals surface area contributed by atoms with Crippen molar-refractivity contribution in [3.05, 3.63) is 64.7 Å². The summed E-state index contributed by atoms with van der Waals surface area (Å²) in [6, 6.07) is 14.9. The molecule has 0 spiro atoms. The van der Waals surface area contributed by atoms with Crippen molar-refractivity contribution >= 4 is 24.4 Å². The fourth-order valence-electron chi connectivity index (χ4n) is 2.79. The number of rotatable bonds is 13. The normalized spacial score (nSPS) is 10.3. The lowest BCUT2D eigenvalue weighted by molar-refractivity contribution is -0.385. The van der Waals surface area contributed by atoms with Gasteiger partial charge in [-0.25, -0.2) is 4.79 Å². The molecule has 0 aliphatic heterocycles. The molecule has 8 nitrogen and oxygen atoms in total. The summed E-state index contributed by atoms with van der Waals surface area (Å²) in [6.45, 7) is 0.671. The molecule has 0 aliphatic rings. The zero-order chi connectivity index (χ0) is 21.6. The number of hydrogen-bond donors (Lipinski definition) is 1. The number of benzene rings is 2. The van der Waals surface area contributed by atoms with Crippen molar-refractivity contribution < 1.29 is 28.9 Å². The molecule has 2 aromatic carbocycles. The SMILES string of the molecule is O=C(OCCCCCCCCOc1ccccc1[N+](=O)[O-])OB(O)c1ccccc1. The van der Waals surface area contributed by atoms with Crippen molar-refractivity contribution in [2.45, 2.75) is 38.5 Å². The first-order chi connectivity index (χ1) is 14.6. The van der Waals surface area contributed by atoms with Crippen LogP contribution in [0, 0.1) is 10.1 Å². The van der Waals surface area contributed by atoms with Crippen molar-refractivity contribution in [2.75, 3.05) is 13.2 Å². The van der Waals surface area contributed by atoms with Gasteiger partial charge in [0.2, 0.25) is 0 Å². The molecular formula is C21H26BNO7. The summed E-state index contributed by atoms with van der Waals surface area (Å²) < 4.78 is 15.3. The van der Waals surface area contributed by atoms with Crippen molar-refractivity contribution in [3.63, 3.8) is 0 Å². The van der Waals surface area contributed by atoms with Crippen LogP contribution in [0.2, 0.25) is 0 Å². The predicted molar refractivity (Wildman–Crippen MR) is 113 cm³/mol. The number of ether oxygens (including phenoxy) is 2. The van der Waals surface area contributed by atoms with Gasteiger partial charge in [0.15, 0.2) is 5.75 Å². The molecule has 160 valence electrons. The Kier molecular flexibility index (Phi) is 10.2. The van der Waals surface area contributed by atoms with Gasteiger partial charge in [-0.05, 0) is 24.4 Å². The van der Waals surface area contributed by atoms with E-state index in [9.17, 15) is 19.9 Å². The standard InChI is InChI=1S/C21H26BNO7/c24-21(30-22(25)18-12-6-5-7-13-18)29-17-11-4-2-1-3-10-16-28-20-15-9-8-14-19(20)23(26)27/h5-9,12-15,25H,1-4,10-11,16-17H2. The molecule has 0 unspecified atom stereocenters. The third-order valence-corrected chi connectivity index (χ3v) is 4.37. The van der Waals surface area contributed by atoms with Crippen molar-refractivity contribution in [2.24, 2.45) is 0 Å². The number of unbranched alkanes of at least 4 members (excludes halogenated alkanes) is 5. The van der Waals surface area contributed by atoms with E-state index in [1.807, 2.05) is 0 Å². The number of nitro groups is 1. The largest absolute Gasteiger partial charge is 0.564 e. The molecule has 0 heterocycles. The van der Waals surface area contributed by atoms with E-state index in [2.05, 4.69) is 0 Å². The first-order valence-corrected chi connectivity index (χ1v) is 10.0. The second-order valence-corrected chi connectivity index (χ2v) is 6.67. The third-order valence-electron chi connectivity index (χ3n) is 4.37. The fourth-order valence-corrected chi connectivity index (χ4v) is 2.79. The topological polar surface area (TPSA) is 108 Å². The van der Waals surface area contributed by atoms with Crippen LogP contribution in [0.3, 0.4) is 0 Å². The molecule has 9 heteroatoms. The van der Waals surface area contributed by atoms with E-state index < -0.39 is 18.2 Å². The number of carbonyl (C=O) groups excluding carboxylic acids is 1. The van der Waals surface area contributed by atoms with Crippen molar-refractivity contribution in [1.82, 2.24) is 0 Å². The molecule has 0 saturated heterocycles. The lowest BCUT2D eigenvalue weighted by atomic mass is 9.80. The maximum Gasteiger partial charge on any atom is 0.564 e. The average Bonchev–Trinajstić information content (AvgIpc) is 2.75. The van der Waals surface area contributed by atoms with Gasteiger partial charge in [0.05, 0.1) is 18.1 Å². The molecule has 0 bridgehead atoms. The van der Waals surface area contributed by atoms with E-state index in [1.165, 1.54) is 6.07 Å². The average molecular weight is 415 g/mol. The molecular weight excluding hydrogens is 389 g/mol. The summed E-state index contributed by atoms with van der Waals surface area (Å²) in [5, 5.41) is 20.7. The number of nitro benzene ring substituents is 1. The molecule has 30 heavy (non-hydrogen) atoms. The van der Waals surface area contributed by atoms with Crippen LogP contribution < -0.4 is 10.2 Å². The van der Waals surface area contributed by atoms with Crippen LogP contribution in [-0.2, 0) is 9.39 Å². The van der Waals surface area contributed by atoms with Crippen LogP contribution in [0.4, 0.5) is 10.5 Å². The van der Waals surface area contributed by atoms with Gasteiger partial charge in [-0.15, -0.1) is 0 Å². The summed E-state index contributed by atoms with van der Waals surface area (Å²) in [4.78, 5) is 22.0. The zero-order valence-corrected chi connectivity index (χ0v) is 16.8. The predicted octanol–water partition coefficient (Wildman–Crippen LogP) is 3.86. The smallest absolute Gasteiger partial charge is 0.487 e. The summed E-state index contributed by atoms with van der Waals surface area (Å²) in [6.07, 6.45) is 4.47. The van der Waals surface area contributed by atoms with Crippen LogP contribution in [0.5, 0.6) is 5.75 Å². The Morgan fingerprint density at radius 3 is 2.20 bits per heavy atom. The number of hydrogen-bond acceptors (Lipinski definition) is 7. The summed E-state index contributed by atoms with van der Waals surface area (Å²) in [5.74, 6) is 0.295. The monoisotopic (exact) mass is 415 g/mol. The van der Waals surface area contributed by atoms with Crippen LogP contribution in [0.1, 0.15) is 38.5 Å². The zero-order valence-electron chi connectivity index (χ0n) is 16.8. The van der Waals surface area contributed by atoms with Gasteiger partial charge in [-0.2, -0.15) is 0 Å². The summed E-state index contributed by atoms with van der Waals surface area (Å²) in [5.41, 5.74) is 0.465. The minimum absolute atomic E-state index is 0.0210. The van der Waals surface area contributed by atoms with Crippen LogP contribution in [0.25, 0.3) is 0 Å². The lowest BCUT2D eigenvalue weighted by Gasteiger charge is -2.09. The van der Waals surface area contributed by atoms with E-state index in [0.717, 1.165) is 32.1 Å². The van der Waals surface area contributed by atoms with Crippen LogP contribution in [-0.4, -0.2) is 36.4 Å². The molecule has 0 fully saturated rings. The van der Waals surface area contributed by atoms with E-state index in [0.29, 0.717) is 24.2 Å². The van der Waals surface area contributed by atoms with Gasteiger partial charge in [-0.3, -0.25) is 10.1 Å². The summed E-state index contributed by atoms with van der Waals surface area (Å²) >= 11 is 0. The van der Waals surface area contributed by atoms with E-state index in [4.69, 9.17) is 14.1 Å². The highest BCUT2D eigenvalue weighted by Gasteiger charge is 2.22. The molecule has 2 rings (SSSR count). The number of para-hydroxylation sites is 2. The lowest BCUT2D eigenvalue weighted by Crippen LogP contribution is -2.35. The molecule has 0 aromatic heterocycles. The highest BCUT2D eigenvalue weighted by Crippen LogP contribution is 2.25. The van der Waals surface area contributed by atoms with Crippen LogP contribution >= 0.6 is 0 Å². The van der Waals surface area contributed by atoms with Gasteiger partial charge in [-0.1, -0.05) is 68.1 Å². The Bertz CT molecular complexity index is 788. The minimum Gasteiger partial charge on any atom is -0.487 e. The Labute approximate surface area is 176 Å². The highest BCUT2D eigenvalue weighted by atomic mass is 16.7. The van der Waals surface area contributed by atoms with Crippen molar-refractivity contribution in [1.29, 1.82) is 0 Å². The second-order valence-electron chi connectivity index (χ2n) is 6.67. The minimum atomic E-state index is -1.33. The first-order valence-electron chi connectivity index (χ1n) is 10.0. The molecule has 0 radical (unpaired) electrons. The van der Waals surface area contributed by atoms with E-state index in [1.54, 1.807) is 48.5 Å². The Hall–Kier alpha value is -3.07. The Morgan fingerprint density at radius 1 is 0.900 bits per heavy atom. The molecule has 0 aliphatic carbocycles. The van der Waals surface area contributed by atoms with Crippen molar-refractivity contribution in [3.8, 4) is 5.75 Å². The van der Waals surface area contributed by atoms with Gasteiger partial charge in [0, 0.05) is 6.07 Å². The first kappa shape index (κ1) is 23.2. The van der Waals surface area contributed by atoms with Crippen LogP contribution in [0.15, 0.2) is 54.6 Å². The molecule has 0 atom stereocenters. The molecule has 0 saturated carbocycles. The fraction of sp³-hybridized carbons (Fsp3) is 0.381. The maximum absolute atomic E-state index is 11.6. The number of nitrogens with zero attached hydrogens (tertiary/aromatic N) is 1. The summed E-state index contributed by atoms with van der Waals surface area (Å²) in [7, 11) is -1.33.